The van der Waals surface area contributed by atoms with Gasteiger partial charge in [0, 0.05) is 12.6 Å². The van der Waals surface area contributed by atoms with Crippen molar-refractivity contribution in [2.24, 2.45) is 22.7 Å². The molecular weight excluding hydrogens is 623 g/mol. The molecule has 1 aliphatic rings. The predicted molar refractivity (Wildman–Crippen MR) is 224 cm³/mol. The first-order chi connectivity index (χ1) is 22.3. The van der Waals surface area contributed by atoms with Gasteiger partial charge in [0.05, 0.1) is 11.4 Å². The zero-order valence-corrected chi connectivity index (χ0v) is 37.3. The third-order valence-electron chi connectivity index (χ3n) is 7.82. The Hall–Kier alpha value is -1.43. The largest absolute Gasteiger partial charge is 0.379 e. The molecule has 0 heterocycles. The number of allylic oxidation sites excluding steroid dienone is 3. The van der Waals surface area contributed by atoms with Gasteiger partial charge in [-0.3, -0.25) is 0 Å². The second kappa shape index (κ2) is 29.2. The lowest BCUT2D eigenvalue weighted by atomic mass is 9.71. The summed E-state index contributed by atoms with van der Waals surface area (Å²) >= 11 is 0. The molecule has 4 nitrogen and oxygen atoms in total. The van der Waals surface area contributed by atoms with Gasteiger partial charge in [-0.2, -0.15) is 0 Å². The first-order valence-corrected chi connectivity index (χ1v) is 20.8. The number of benzene rings is 1. The lowest BCUT2D eigenvalue weighted by Crippen LogP contribution is -2.32. The summed E-state index contributed by atoms with van der Waals surface area (Å²) in [6.07, 6.45) is 10.7. The molecule has 0 aliphatic heterocycles. The van der Waals surface area contributed by atoms with Crippen LogP contribution >= 0.6 is 0 Å². The molecule has 1 aliphatic carbocycles. The Morgan fingerprint density at radius 3 is 1.47 bits per heavy atom. The van der Waals surface area contributed by atoms with E-state index >= 15 is 0 Å². The molecule has 0 saturated heterocycles. The molecule has 0 amide bonds. The van der Waals surface area contributed by atoms with Gasteiger partial charge in [-0.1, -0.05) is 153 Å². The van der Waals surface area contributed by atoms with E-state index in [2.05, 4.69) is 158 Å². The minimum absolute atomic E-state index is 0.0330. The summed E-state index contributed by atoms with van der Waals surface area (Å²) in [7, 11) is -2.94. The number of sulfonamides is 1. The molecular formula is C44H87NO3S. The molecule has 1 N–H and O–H groups in total. The van der Waals surface area contributed by atoms with Crippen LogP contribution in [-0.2, 0) is 14.8 Å². The van der Waals surface area contributed by atoms with Crippen LogP contribution in [0, 0.1) is 22.7 Å². The Morgan fingerprint density at radius 1 is 0.796 bits per heavy atom. The molecule has 0 unspecified atom stereocenters. The van der Waals surface area contributed by atoms with Crippen LogP contribution in [0.1, 0.15) is 187 Å². The number of hydrogen-bond acceptors (Lipinski definition) is 3. The zero-order valence-electron chi connectivity index (χ0n) is 36.5. The van der Waals surface area contributed by atoms with Crippen molar-refractivity contribution in [1.82, 2.24) is 4.72 Å². The van der Waals surface area contributed by atoms with Crippen molar-refractivity contribution in [3.05, 3.63) is 60.2 Å². The third kappa shape index (κ3) is 36.2. The van der Waals surface area contributed by atoms with E-state index in [0.29, 0.717) is 40.6 Å². The first-order valence-electron chi connectivity index (χ1n) is 19.3. The summed E-state index contributed by atoms with van der Waals surface area (Å²) in [4.78, 5) is 0. The molecule has 1 saturated carbocycles. The highest BCUT2D eigenvalue weighted by Gasteiger charge is 2.35. The van der Waals surface area contributed by atoms with Crippen LogP contribution in [0.3, 0.4) is 0 Å². The number of unbranched alkanes of at least 4 members (excludes halogenated alkanes) is 1. The second-order valence-electron chi connectivity index (χ2n) is 16.7. The van der Waals surface area contributed by atoms with E-state index in [9.17, 15) is 8.42 Å². The van der Waals surface area contributed by atoms with Crippen LogP contribution in [-0.4, -0.2) is 32.4 Å². The molecule has 292 valence electrons. The Labute approximate surface area is 309 Å². The summed E-state index contributed by atoms with van der Waals surface area (Å²) in [6.45, 7) is 47.4. The molecule has 0 bridgehead atoms. The minimum atomic E-state index is -2.94. The highest BCUT2D eigenvalue weighted by atomic mass is 32.2. The Morgan fingerprint density at radius 2 is 1.20 bits per heavy atom. The molecule has 49 heavy (non-hydrogen) atoms. The Kier molecular flexibility index (Phi) is 32.4. The van der Waals surface area contributed by atoms with Gasteiger partial charge in [-0.15, -0.1) is 6.58 Å². The van der Waals surface area contributed by atoms with Crippen LogP contribution in [0.25, 0.3) is 0 Å². The van der Waals surface area contributed by atoms with Crippen molar-refractivity contribution in [2.75, 3.05) is 6.61 Å². The summed E-state index contributed by atoms with van der Waals surface area (Å²) in [6, 6.07) is 8.91. The Balaban J connectivity index is -0.000000261. The van der Waals surface area contributed by atoms with Gasteiger partial charge < -0.3 is 4.74 Å². The average Bonchev–Trinajstić information content (AvgIpc) is 3.82. The number of rotatable bonds is 12. The molecule has 0 spiro atoms. The van der Waals surface area contributed by atoms with Gasteiger partial charge in [0.1, 0.15) is 0 Å². The summed E-state index contributed by atoms with van der Waals surface area (Å²) in [5.74, 6) is 2.61. The van der Waals surface area contributed by atoms with E-state index in [0.717, 1.165) is 32.3 Å². The summed E-state index contributed by atoms with van der Waals surface area (Å²) in [5.41, 5.74) is 3.77. The van der Waals surface area contributed by atoms with Crippen molar-refractivity contribution < 1.29 is 13.2 Å². The quantitative estimate of drug-likeness (QED) is 0.174. The SMILES string of the molecule is C=CC(C)C.CC.CC(C)(C)C(C)(C)C.CC(C)/C=C/CCCOC(C)C.CC(C)NS(=O)(=O)C1CC1.CC(C)c1cccc(C(C)C)c1. The highest BCUT2D eigenvalue weighted by molar-refractivity contribution is 7.90. The van der Waals surface area contributed by atoms with E-state index in [-0.39, 0.29) is 11.3 Å². The molecule has 1 fully saturated rings. The van der Waals surface area contributed by atoms with E-state index in [1.54, 1.807) is 0 Å². The second-order valence-corrected chi connectivity index (χ2v) is 18.7. The Bertz CT molecular complexity index is 997. The third-order valence-corrected chi connectivity index (χ3v) is 9.96. The van der Waals surface area contributed by atoms with Gasteiger partial charge in [-0.25, -0.2) is 13.1 Å². The van der Waals surface area contributed by atoms with Crippen molar-refractivity contribution in [2.45, 2.75) is 193 Å². The molecule has 5 heteroatoms. The van der Waals surface area contributed by atoms with Gasteiger partial charge in [0.2, 0.25) is 10.0 Å². The van der Waals surface area contributed by atoms with Crippen molar-refractivity contribution in [1.29, 1.82) is 0 Å². The average molecular weight is 710 g/mol. The molecule has 2 rings (SSSR count). The summed E-state index contributed by atoms with van der Waals surface area (Å²) < 4.78 is 30.2. The van der Waals surface area contributed by atoms with E-state index in [4.69, 9.17) is 4.74 Å². The topological polar surface area (TPSA) is 55.4 Å². The maximum absolute atomic E-state index is 11.1. The van der Waals surface area contributed by atoms with Crippen LogP contribution in [0.4, 0.5) is 0 Å². The number of ether oxygens (including phenoxy) is 1. The molecule has 1 aromatic carbocycles. The van der Waals surface area contributed by atoms with E-state index < -0.39 is 10.0 Å². The number of hydrogen-bond donors (Lipinski definition) is 1. The molecule has 1 aromatic rings. The first kappa shape index (κ1) is 54.3. The van der Waals surface area contributed by atoms with Crippen LogP contribution in [0.15, 0.2) is 49.1 Å². The monoisotopic (exact) mass is 710 g/mol. The van der Waals surface area contributed by atoms with Crippen molar-refractivity contribution >= 4 is 10.0 Å². The highest BCUT2D eigenvalue weighted by Crippen LogP contribution is 2.36. The van der Waals surface area contributed by atoms with E-state index in [1.165, 1.54) is 11.1 Å². The minimum Gasteiger partial charge on any atom is -0.379 e. The fraction of sp³-hybridized carbons (Fsp3) is 0.773. The maximum atomic E-state index is 11.1. The van der Waals surface area contributed by atoms with Crippen molar-refractivity contribution in [3.8, 4) is 0 Å². The van der Waals surface area contributed by atoms with Crippen LogP contribution in [0.2, 0.25) is 0 Å². The zero-order chi connectivity index (χ0) is 39.6. The lowest BCUT2D eigenvalue weighted by Gasteiger charge is -2.34. The van der Waals surface area contributed by atoms with Gasteiger partial charge in [0.15, 0.2) is 0 Å². The maximum Gasteiger partial charge on any atom is 0.214 e. The number of nitrogens with one attached hydrogen (secondary N) is 1. The van der Waals surface area contributed by atoms with Crippen molar-refractivity contribution in [3.63, 3.8) is 0 Å². The van der Waals surface area contributed by atoms with E-state index in [1.807, 2.05) is 33.8 Å². The van der Waals surface area contributed by atoms with Gasteiger partial charge >= 0.3 is 0 Å². The van der Waals surface area contributed by atoms with Crippen LogP contribution < -0.4 is 4.72 Å². The lowest BCUT2D eigenvalue weighted by molar-refractivity contribution is 0.0775. The molecule has 0 atom stereocenters. The summed E-state index contributed by atoms with van der Waals surface area (Å²) in [5, 5.41) is -0.0881. The van der Waals surface area contributed by atoms with Gasteiger partial charge in [0.25, 0.3) is 0 Å². The molecule has 0 radical (unpaired) electrons. The van der Waals surface area contributed by atoms with Gasteiger partial charge in [-0.05, 0) is 99.0 Å². The molecule has 0 aromatic heterocycles. The predicted octanol–water partition coefficient (Wildman–Crippen LogP) is 13.7. The smallest absolute Gasteiger partial charge is 0.214 e. The fourth-order valence-corrected chi connectivity index (χ4v) is 4.58. The van der Waals surface area contributed by atoms with Crippen LogP contribution in [0.5, 0.6) is 0 Å². The fourth-order valence-electron chi connectivity index (χ4n) is 2.97. The standard InChI is InChI=1S/C12H18.C11H22O.C8H18.C6H13NO2S.C5H10.C2H6/c1-9(2)11-6-5-7-12(8-11)10(3)4;1-10(2)8-6-5-7-9-12-11(3)4;1-7(2,3)8(4,5)6;1-5(2)7-10(8,9)6-3-4-6;1-4-5(2)3;1-2/h5-10H,1-4H3;6,8,10-11H,5,7,9H2,1-4H3;1-6H3;5-7H,3-4H2,1-2H3;4-5H,1H2,2-3H3;1-2H3/b;8-6+;;;;. The normalized spacial score (nSPS) is 13.1.